The first kappa shape index (κ1) is 14.8. The third-order valence-corrected chi connectivity index (χ3v) is 1.57. The molecule has 0 fully saturated rings. The van der Waals surface area contributed by atoms with E-state index in [2.05, 4.69) is 22.5 Å². The maximum atomic E-state index is 11.2. The van der Waals surface area contributed by atoms with Crippen LogP contribution in [0.25, 0.3) is 0 Å². The average molecular weight is 226 g/mol. The zero-order valence-electron chi connectivity index (χ0n) is 10.6. The molecular formula is C12H22N2O2. The van der Waals surface area contributed by atoms with E-state index in [1.165, 1.54) is 0 Å². The summed E-state index contributed by atoms with van der Waals surface area (Å²) < 4.78 is 5.08. The van der Waals surface area contributed by atoms with Crippen molar-refractivity contribution < 1.29 is 9.53 Å². The number of hydrogen-bond acceptors (Lipinski definition) is 3. The van der Waals surface area contributed by atoms with Gasteiger partial charge in [0.05, 0.1) is 0 Å². The Morgan fingerprint density at radius 1 is 1.25 bits per heavy atom. The first-order chi connectivity index (χ1) is 7.45. The van der Waals surface area contributed by atoms with Gasteiger partial charge in [0.2, 0.25) is 0 Å². The van der Waals surface area contributed by atoms with Crippen LogP contribution >= 0.6 is 0 Å². The molecule has 0 aromatic rings. The van der Waals surface area contributed by atoms with E-state index in [0.29, 0.717) is 6.54 Å². The van der Waals surface area contributed by atoms with Crippen LogP contribution < -0.4 is 10.6 Å². The van der Waals surface area contributed by atoms with E-state index in [9.17, 15) is 4.79 Å². The molecule has 0 unspecified atom stereocenters. The fourth-order valence-electron chi connectivity index (χ4n) is 0.968. The molecule has 0 aliphatic rings. The van der Waals surface area contributed by atoms with Crippen molar-refractivity contribution in [3.05, 3.63) is 0 Å². The lowest BCUT2D eigenvalue weighted by atomic mass is 10.2. The summed E-state index contributed by atoms with van der Waals surface area (Å²) in [5.41, 5.74) is -0.436. The summed E-state index contributed by atoms with van der Waals surface area (Å²) in [5, 5.41) is 5.84. The van der Waals surface area contributed by atoms with Crippen LogP contribution in [0.4, 0.5) is 4.79 Å². The van der Waals surface area contributed by atoms with Crippen molar-refractivity contribution in [1.82, 2.24) is 10.6 Å². The van der Waals surface area contributed by atoms with Gasteiger partial charge in [-0.15, -0.1) is 11.8 Å². The average Bonchev–Trinajstić information content (AvgIpc) is 2.13. The first-order valence-corrected chi connectivity index (χ1v) is 5.53. The quantitative estimate of drug-likeness (QED) is 0.552. The zero-order valence-corrected chi connectivity index (χ0v) is 10.6. The number of alkyl carbamates (subject to hydrolysis) is 1. The van der Waals surface area contributed by atoms with Gasteiger partial charge >= 0.3 is 6.09 Å². The van der Waals surface area contributed by atoms with E-state index in [4.69, 9.17) is 4.74 Å². The molecule has 0 saturated carbocycles. The highest BCUT2D eigenvalue weighted by Crippen LogP contribution is 2.05. The Bertz CT molecular complexity index is 258. The first-order valence-electron chi connectivity index (χ1n) is 5.53. The molecular weight excluding hydrogens is 204 g/mol. The number of carbonyl (C=O) groups is 1. The standard InChI is InChI=1S/C12H22N2O2/c1-5-6-7-8-13-9-10-14-11(15)16-12(2,3)4/h13H,7-10H2,1-4H3,(H,14,15). The molecule has 0 aliphatic heterocycles. The monoisotopic (exact) mass is 226 g/mol. The van der Waals surface area contributed by atoms with Gasteiger partial charge in [0.15, 0.2) is 0 Å². The minimum Gasteiger partial charge on any atom is -0.444 e. The van der Waals surface area contributed by atoms with Crippen molar-refractivity contribution in [1.29, 1.82) is 0 Å². The van der Waals surface area contributed by atoms with E-state index in [1.54, 1.807) is 0 Å². The van der Waals surface area contributed by atoms with Crippen LogP contribution in [0.2, 0.25) is 0 Å². The summed E-state index contributed by atoms with van der Waals surface area (Å²) in [6.07, 6.45) is 0.464. The molecule has 4 nitrogen and oxygen atoms in total. The number of amides is 1. The molecule has 0 radical (unpaired) electrons. The summed E-state index contributed by atoms with van der Waals surface area (Å²) in [6, 6.07) is 0. The van der Waals surface area contributed by atoms with E-state index in [1.807, 2.05) is 27.7 Å². The minimum atomic E-state index is -0.436. The second-order valence-electron chi connectivity index (χ2n) is 4.36. The van der Waals surface area contributed by atoms with Gasteiger partial charge in [0, 0.05) is 26.1 Å². The molecule has 2 N–H and O–H groups in total. The molecule has 0 aromatic carbocycles. The van der Waals surface area contributed by atoms with Gasteiger partial charge in [-0.3, -0.25) is 0 Å². The van der Waals surface area contributed by atoms with Crippen molar-refractivity contribution in [3.63, 3.8) is 0 Å². The molecule has 0 rings (SSSR count). The number of hydrogen-bond donors (Lipinski definition) is 2. The lowest BCUT2D eigenvalue weighted by molar-refractivity contribution is 0.0528. The van der Waals surface area contributed by atoms with Crippen LogP contribution in [-0.4, -0.2) is 31.3 Å². The lowest BCUT2D eigenvalue weighted by Crippen LogP contribution is -2.36. The molecule has 0 atom stereocenters. The van der Waals surface area contributed by atoms with E-state index in [0.717, 1.165) is 19.5 Å². The number of carbonyl (C=O) groups excluding carboxylic acids is 1. The van der Waals surface area contributed by atoms with Gasteiger partial charge in [-0.05, 0) is 27.7 Å². The van der Waals surface area contributed by atoms with Crippen LogP contribution in [0.5, 0.6) is 0 Å². The van der Waals surface area contributed by atoms with Gasteiger partial charge in [-0.25, -0.2) is 4.79 Å². The number of nitrogens with one attached hydrogen (secondary N) is 2. The Kier molecular flexibility index (Phi) is 7.40. The molecule has 0 heterocycles. The number of ether oxygens (including phenoxy) is 1. The third kappa shape index (κ3) is 10.9. The Labute approximate surface area is 98.1 Å². The molecule has 92 valence electrons. The van der Waals surface area contributed by atoms with Crippen LogP contribution in [0, 0.1) is 11.8 Å². The van der Waals surface area contributed by atoms with Crippen molar-refractivity contribution in [3.8, 4) is 11.8 Å². The molecule has 0 spiro atoms. The van der Waals surface area contributed by atoms with Crippen molar-refractivity contribution >= 4 is 6.09 Å². The Morgan fingerprint density at radius 2 is 1.94 bits per heavy atom. The maximum absolute atomic E-state index is 11.2. The Morgan fingerprint density at radius 3 is 2.50 bits per heavy atom. The molecule has 4 heteroatoms. The topological polar surface area (TPSA) is 50.4 Å². The van der Waals surface area contributed by atoms with Crippen LogP contribution in [0.1, 0.15) is 34.1 Å². The van der Waals surface area contributed by atoms with E-state index in [-0.39, 0.29) is 6.09 Å². The fraction of sp³-hybridized carbons (Fsp3) is 0.750. The predicted octanol–water partition coefficient (Wildman–Crippen LogP) is 1.51. The molecule has 0 bridgehead atoms. The Balaban J connectivity index is 3.37. The van der Waals surface area contributed by atoms with Crippen molar-refractivity contribution in [2.45, 2.75) is 39.7 Å². The molecule has 0 saturated heterocycles. The summed E-state index contributed by atoms with van der Waals surface area (Å²) in [7, 11) is 0. The maximum Gasteiger partial charge on any atom is 0.407 e. The summed E-state index contributed by atoms with van der Waals surface area (Å²) in [6.45, 7) is 9.48. The highest BCUT2D eigenvalue weighted by Gasteiger charge is 2.15. The SMILES string of the molecule is CC#CCCNCCNC(=O)OC(C)(C)C. The highest BCUT2D eigenvalue weighted by atomic mass is 16.6. The minimum absolute atomic E-state index is 0.373. The zero-order chi connectivity index (χ0) is 12.4. The third-order valence-electron chi connectivity index (χ3n) is 1.57. The van der Waals surface area contributed by atoms with E-state index < -0.39 is 5.60 Å². The predicted molar refractivity (Wildman–Crippen MR) is 65.2 cm³/mol. The lowest BCUT2D eigenvalue weighted by Gasteiger charge is -2.19. The van der Waals surface area contributed by atoms with Gasteiger partial charge in [0.25, 0.3) is 0 Å². The fourth-order valence-corrected chi connectivity index (χ4v) is 0.968. The summed E-state index contributed by atoms with van der Waals surface area (Å²) in [5.74, 6) is 5.78. The van der Waals surface area contributed by atoms with Gasteiger partial charge < -0.3 is 15.4 Å². The normalized spacial score (nSPS) is 10.2. The van der Waals surface area contributed by atoms with E-state index >= 15 is 0 Å². The largest absolute Gasteiger partial charge is 0.444 e. The summed E-state index contributed by atoms with van der Waals surface area (Å²) >= 11 is 0. The second kappa shape index (κ2) is 8.00. The molecule has 16 heavy (non-hydrogen) atoms. The van der Waals surface area contributed by atoms with Crippen LogP contribution in [0.3, 0.4) is 0 Å². The van der Waals surface area contributed by atoms with Gasteiger partial charge in [0.1, 0.15) is 5.60 Å². The van der Waals surface area contributed by atoms with Crippen molar-refractivity contribution in [2.24, 2.45) is 0 Å². The van der Waals surface area contributed by atoms with Crippen LogP contribution in [-0.2, 0) is 4.74 Å². The highest BCUT2D eigenvalue weighted by molar-refractivity contribution is 5.67. The summed E-state index contributed by atoms with van der Waals surface area (Å²) in [4.78, 5) is 11.2. The molecule has 1 amide bonds. The van der Waals surface area contributed by atoms with Gasteiger partial charge in [-0.2, -0.15) is 0 Å². The smallest absolute Gasteiger partial charge is 0.407 e. The Hall–Kier alpha value is -1.21. The van der Waals surface area contributed by atoms with Gasteiger partial charge in [-0.1, -0.05) is 0 Å². The van der Waals surface area contributed by atoms with Crippen LogP contribution in [0.15, 0.2) is 0 Å². The number of rotatable bonds is 5. The molecule has 0 aliphatic carbocycles. The second-order valence-corrected chi connectivity index (χ2v) is 4.36. The molecule has 0 aromatic heterocycles. The van der Waals surface area contributed by atoms with Crippen molar-refractivity contribution in [2.75, 3.05) is 19.6 Å².